The fourth-order valence-electron chi connectivity index (χ4n) is 3.87. The van der Waals surface area contributed by atoms with Crippen LogP contribution < -0.4 is 19.6 Å². The Morgan fingerprint density at radius 2 is 1.70 bits per heavy atom. The van der Waals surface area contributed by atoms with Gasteiger partial charge in [-0.3, -0.25) is 9.36 Å². The highest BCUT2D eigenvalue weighted by Gasteiger charge is 2.28. The Bertz CT molecular complexity index is 1540. The molecule has 0 N–H and O–H groups in total. The molecule has 2 heterocycles. The number of nitrogens with zero attached hydrogens (tertiary/aromatic N) is 3. The van der Waals surface area contributed by atoms with Crippen molar-refractivity contribution in [3.05, 3.63) is 119 Å². The van der Waals surface area contributed by atoms with E-state index >= 15 is 0 Å². The average molecular weight is 494 g/mol. The van der Waals surface area contributed by atoms with Gasteiger partial charge in [-0.2, -0.15) is 0 Å². The standard InChI is InChI=1S/C25H17Cl2N3O2S/c1-32-23-17(12-18(26)14-19(23)27)13-20-24(31)30-22(16-10-6-3-7-11-16)21(28-29-25(30)33-20)15-8-4-2-5-9-15/h2-14,22H,1H3/b20-13+. The van der Waals surface area contributed by atoms with Crippen molar-refractivity contribution in [2.75, 3.05) is 7.11 Å². The Kier molecular flexibility index (Phi) is 5.89. The first-order valence-electron chi connectivity index (χ1n) is 10.1. The van der Waals surface area contributed by atoms with Crippen molar-refractivity contribution in [1.82, 2.24) is 4.57 Å². The Hall–Kier alpha value is -3.19. The van der Waals surface area contributed by atoms with Crippen molar-refractivity contribution in [3.63, 3.8) is 0 Å². The predicted molar refractivity (Wildman–Crippen MR) is 134 cm³/mol. The highest BCUT2D eigenvalue weighted by molar-refractivity contribution is 7.07. The Balaban J connectivity index is 1.74. The molecule has 0 spiro atoms. The lowest BCUT2D eigenvalue weighted by Gasteiger charge is -2.22. The number of ether oxygens (including phenoxy) is 1. The number of thiazole rings is 1. The molecular formula is C25H17Cl2N3O2S. The summed E-state index contributed by atoms with van der Waals surface area (Å²) in [4.78, 5) is 14.2. The highest BCUT2D eigenvalue weighted by atomic mass is 35.5. The van der Waals surface area contributed by atoms with Crippen molar-refractivity contribution in [3.8, 4) is 5.75 Å². The number of aromatic nitrogens is 1. The van der Waals surface area contributed by atoms with Gasteiger partial charge in [0.2, 0.25) is 4.80 Å². The fourth-order valence-corrected chi connectivity index (χ4v) is 5.39. The van der Waals surface area contributed by atoms with Crippen LogP contribution in [-0.4, -0.2) is 17.4 Å². The maximum Gasteiger partial charge on any atom is 0.271 e. The van der Waals surface area contributed by atoms with Gasteiger partial charge in [0, 0.05) is 16.1 Å². The predicted octanol–water partition coefficient (Wildman–Crippen LogP) is 4.68. The lowest BCUT2D eigenvalue weighted by molar-refractivity contribution is 0.414. The van der Waals surface area contributed by atoms with Crippen LogP contribution in [0.1, 0.15) is 22.7 Å². The normalized spacial score (nSPS) is 15.5. The zero-order valence-electron chi connectivity index (χ0n) is 17.4. The smallest absolute Gasteiger partial charge is 0.271 e. The van der Waals surface area contributed by atoms with Crippen LogP contribution in [0.15, 0.2) is 87.8 Å². The summed E-state index contributed by atoms with van der Waals surface area (Å²) in [6, 6.07) is 22.5. The summed E-state index contributed by atoms with van der Waals surface area (Å²) in [6.07, 6.45) is 1.73. The molecule has 8 heteroatoms. The number of fused-ring (bicyclic) bond motifs is 1. The third-order valence-corrected chi connectivity index (χ3v) is 6.78. The van der Waals surface area contributed by atoms with Crippen LogP contribution in [0.4, 0.5) is 0 Å². The summed E-state index contributed by atoms with van der Waals surface area (Å²) in [5.74, 6) is 0.453. The second-order valence-corrected chi connectivity index (χ2v) is 9.20. The SMILES string of the molecule is COc1c(Cl)cc(Cl)cc1/C=c1/sc2n(c1=O)C(c1ccccc1)C(c1ccccc1)=NN=2. The first-order valence-corrected chi connectivity index (χ1v) is 11.7. The van der Waals surface area contributed by atoms with E-state index in [0.717, 1.165) is 11.1 Å². The fraction of sp³-hybridized carbons (Fsp3) is 0.0800. The molecule has 0 amide bonds. The van der Waals surface area contributed by atoms with Crippen LogP contribution in [0.2, 0.25) is 10.0 Å². The molecule has 4 aromatic rings. The third-order valence-electron chi connectivity index (χ3n) is 5.31. The molecule has 1 aliphatic rings. The molecule has 164 valence electrons. The van der Waals surface area contributed by atoms with E-state index in [9.17, 15) is 4.79 Å². The maximum absolute atomic E-state index is 13.7. The van der Waals surface area contributed by atoms with Gasteiger partial charge < -0.3 is 4.74 Å². The van der Waals surface area contributed by atoms with Gasteiger partial charge in [0.25, 0.3) is 5.56 Å². The Morgan fingerprint density at radius 3 is 2.39 bits per heavy atom. The molecule has 1 aromatic heterocycles. The zero-order chi connectivity index (χ0) is 22.9. The summed E-state index contributed by atoms with van der Waals surface area (Å²) >= 11 is 13.7. The lowest BCUT2D eigenvalue weighted by Crippen LogP contribution is -2.40. The quantitative estimate of drug-likeness (QED) is 0.414. The minimum Gasteiger partial charge on any atom is -0.495 e. The van der Waals surface area contributed by atoms with Gasteiger partial charge in [0.1, 0.15) is 11.8 Å². The van der Waals surface area contributed by atoms with Crippen LogP contribution >= 0.6 is 34.5 Å². The van der Waals surface area contributed by atoms with E-state index in [1.165, 1.54) is 18.4 Å². The van der Waals surface area contributed by atoms with Gasteiger partial charge in [0.05, 0.1) is 22.4 Å². The third kappa shape index (κ3) is 4.02. The number of benzene rings is 3. The van der Waals surface area contributed by atoms with E-state index < -0.39 is 6.04 Å². The minimum absolute atomic E-state index is 0.172. The number of hydrogen-bond acceptors (Lipinski definition) is 5. The van der Waals surface area contributed by atoms with Gasteiger partial charge in [0.15, 0.2) is 0 Å². The van der Waals surface area contributed by atoms with Crippen LogP contribution in [-0.2, 0) is 0 Å². The monoisotopic (exact) mass is 493 g/mol. The molecule has 5 rings (SSSR count). The molecule has 1 atom stereocenters. The van der Waals surface area contributed by atoms with Crippen LogP contribution in [0, 0.1) is 0 Å². The van der Waals surface area contributed by atoms with E-state index in [1.54, 1.807) is 22.8 Å². The first kappa shape index (κ1) is 21.6. The van der Waals surface area contributed by atoms with Crippen molar-refractivity contribution in [1.29, 1.82) is 0 Å². The summed E-state index contributed by atoms with van der Waals surface area (Å²) in [5.41, 5.74) is 3.02. The second kappa shape index (κ2) is 8.98. The number of halogens is 2. The van der Waals surface area contributed by atoms with Gasteiger partial charge in [-0.25, -0.2) is 0 Å². The van der Waals surface area contributed by atoms with Crippen molar-refractivity contribution in [2.45, 2.75) is 6.04 Å². The Labute approximate surface area is 203 Å². The van der Waals surface area contributed by atoms with Crippen LogP contribution in [0.3, 0.4) is 0 Å². The van der Waals surface area contributed by atoms with Gasteiger partial charge >= 0.3 is 0 Å². The van der Waals surface area contributed by atoms with E-state index in [2.05, 4.69) is 10.2 Å². The number of methoxy groups -OCH3 is 1. The number of rotatable bonds is 4. The molecule has 0 fully saturated rings. The molecule has 33 heavy (non-hydrogen) atoms. The molecule has 1 unspecified atom stereocenters. The van der Waals surface area contributed by atoms with Crippen LogP contribution in [0.5, 0.6) is 5.75 Å². The number of hydrogen-bond donors (Lipinski definition) is 0. The van der Waals surface area contributed by atoms with Crippen molar-refractivity contribution < 1.29 is 4.74 Å². The van der Waals surface area contributed by atoms with E-state index in [1.807, 2.05) is 60.7 Å². The van der Waals surface area contributed by atoms with Crippen molar-refractivity contribution in [2.24, 2.45) is 10.2 Å². The second-order valence-electron chi connectivity index (χ2n) is 7.34. The van der Waals surface area contributed by atoms with Gasteiger partial charge in [-0.05, 0) is 23.8 Å². The maximum atomic E-state index is 13.7. The van der Waals surface area contributed by atoms with E-state index in [4.69, 9.17) is 27.9 Å². The largest absolute Gasteiger partial charge is 0.495 e. The molecule has 5 nitrogen and oxygen atoms in total. The lowest BCUT2D eigenvalue weighted by atomic mass is 9.96. The van der Waals surface area contributed by atoms with Crippen LogP contribution in [0.25, 0.3) is 6.08 Å². The topological polar surface area (TPSA) is 56.0 Å². The first-order chi connectivity index (χ1) is 16.1. The van der Waals surface area contributed by atoms with E-state index in [0.29, 0.717) is 36.4 Å². The molecule has 0 bridgehead atoms. The van der Waals surface area contributed by atoms with E-state index in [-0.39, 0.29) is 5.56 Å². The van der Waals surface area contributed by atoms with Gasteiger partial charge in [-0.1, -0.05) is 95.2 Å². The zero-order valence-corrected chi connectivity index (χ0v) is 19.7. The molecule has 3 aromatic carbocycles. The summed E-state index contributed by atoms with van der Waals surface area (Å²) in [6.45, 7) is 0. The molecule has 0 radical (unpaired) electrons. The molecule has 0 saturated heterocycles. The average Bonchev–Trinajstić information content (AvgIpc) is 3.14. The summed E-state index contributed by atoms with van der Waals surface area (Å²) < 4.78 is 7.61. The summed E-state index contributed by atoms with van der Waals surface area (Å²) in [7, 11) is 1.53. The minimum atomic E-state index is -0.406. The Morgan fingerprint density at radius 1 is 1.00 bits per heavy atom. The van der Waals surface area contributed by atoms with Gasteiger partial charge in [-0.15, -0.1) is 10.2 Å². The van der Waals surface area contributed by atoms with Crippen molar-refractivity contribution >= 4 is 46.3 Å². The molecule has 0 saturated carbocycles. The highest BCUT2D eigenvalue weighted by Crippen LogP contribution is 2.32. The molecule has 1 aliphatic heterocycles. The molecular weight excluding hydrogens is 477 g/mol. The molecule has 0 aliphatic carbocycles. The summed E-state index contributed by atoms with van der Waals surface area (Å²) in [5, 5.41) is 9.76.